The number of methoxy groups -OCH3 is 1. The van der Waals surface area contributed by atoms with Crippen LogP contribution in [0.1, 0.15) is 12.0 Å². The molecule has 0 aliphatic carbocycles. The highest BCUT2D eigenvalue weighted by molar-refractivity contribution is 9.09. The van der Waals surface area contributed by atoms with Gasteiger partial charge in [-0.2, -0.15) is 0 Å². The summed E-state index contributed by atoms with van der Waals surface area (Å²) < 4.78 is 11.4. The first kappa shape index (κ1) is 14.9. The molecule has 0 spiro atoms. The summed E-state index contributed by atoms with van der Waals surface area (Å²) in [6, 6.07) is 14.2. The van der Waals surface area contributed by atoms with Crippen molar-refractivity contribution in [3.05, 3.63) is 48.0 Å². The Bertz CT molecular complexity index is 567. The van der Waals surface area contributed by atoms with Gasteiger partial charge in [-0.3, -0.25) is 0 Å². The zero-order valence-electron chi connectivity index (χ0n) is 11.9. The zero-order chi connectivity index (χ0) is 14.4. The smallest absolute Gasteiger partial charge is 0.130 e. The van der Waals surface area contributed by atoms with Crippen LogP contribution in [0.3, 0.4) is 0 Å². The van der Waals surface area contributed by atoms with Gasteiger partial charge in [-0.25, -0.2) is 0 Å². The minimum Gasteiger partial charge on any atom is -0.496 e. The Labute approximate surface area is 128 Å². The Hall–Kier alpha value is -1.48. The number of benzene rings is 2. The molecular weight excluding hydrogens is 316 g/mol. The van der Waals surface area contributed by atoms with E-state index in [1.807, 2.05) is 18.2 Å². The summed E-state index contributed by atoms with van der Waals surface area (Å²) >= 11 is 3.43. The third-order valence-electron chi connectivity index (χ3n) is 3.13. The topological polar surface area (TPSA) is 18.5 Å². The molecule has 0 aliphatic rings. The molecule has 0 saturated heterocycles. The molecule has 0 unspecified atom stereocenters. The summed E-state index contributed by atoms with van der Waals surface area (Å²) in [5.41, 5.74) is 3.28. The highest BCUT2D eigenvalue weighted by atomic mass is 79.9. The van der Waals surface area contributed by atoms with Crippen LogP contribution < -0.4 is 9.47 Å². The van der Waals surface area contributed by atoms with E-state index in [4.69, 9.17) is 9.47 Å². The number of rotatable bonds is 6. The van der Waals surface area contributed by atoms with Crippen molar-refractivity contribution in [1.29, 1.82) is 0 Å². The van der Waals surface area contributed by atoms with E-state index >= 15 is 0 Å². The molecule has 2 aromatic carbocycles. The Balaban J connectivity index is 2.42. The SMILES string of the molecule is COc1ccccc1-c1cccc(C)c1OCCCBr. The van der Waals surface area contributed by atoms with Crippen LogP contribution in [0, 0.1) is 6.92 Å². The number of ether oxygens (including phenoxy) is 2. The highest BCUT2D eigenvalue weighted by Crippen LogP contribution is 2.38. The number of halogens is 1. The number of para-hydroxylation sites is 2. The lowest BCUT2D eigenvalue weighted by Gasteiger charge is -2.16. The van der Waals surface area contributed by atoms with Crippen molar-refractivity contribution in [2.75, 3.05) is 19.0 Å². The Morgan fingerprint density at radius 3 is 2.50 bits per heavy atom. The van der Waals surface area contributed by atoms with Gasteiger partial charge in [-0.15, -0.1) is 0 Å². The Morgan fingerprint density at radius 1 is 1.00 bits per heavy atom. The summed E-state index contributed by atoms with van der Waals surface area (Å²) in [5.74, 6) is 1.81. The van der Waals surface area contributed by atoms with Crippen LogP contribution in [-0.4, -0.2) is 19.0 Å². The fourth-order valence-corrected chi connectivity index (χ4v) is 2.38. The molecule has 2 rings (SSSR count). The third kappa shape index (κ3) is 3.34. The maximum Gasteiger partial charge on any atom is 0.130 e. The predicted octanol–water partition coefficient (Wildman–Crippen LogP) is 4.83. The van der Waals surface area contributed by atoms with Crippen LogP contribution >= 0.6 is 15.9 Å². The maximum atomic E-state index is 5.98. The average molecular weight is 335 g/mol. The first-order valence-electron chi connectivity index (χ1n) is 6.69. The number of aryl methyl sites for hydroxylation is 1. The molecule has 106 valence electrons. The number of hydrogen-bond donors (Lipinski definition) is 0. The summed E-state index contributed by atoms with van der Waals surface area (Å²) in [5, 5.41) is 0.947. The largest absolute Gasteiger partial charge is 0.496 e. The Morgan fingerprint density at radius 2 is 1.75 bits per heavy atom. The van der Waals surface area contributed by atoms with Crippen LogP contribution in [0.5, 0.6) is 11.5 Å². The molecule has 0 radical (unpaired) electrons. The number of alkyl halides is 1. The van der Waals surface area contributed by atoms with Crippen molar-refractivity contribution in [1.82, 2.24) is 0 Å². The van der Waals surface area contributed by atoms with Crippen LogP contribution in [0.25, 0.3) is 11.1 Å². The summed E-state index contributed by atoms with van der Waals surface area (Å²) in [6.45, 7) is 2.78. The molecule has 0 aliphatic heterocycles. The molecule has 3 heteroatoms. The van der Waals surface area contributed by atoms with Gasteiger partial charge in [0, 0.05) is 16.5 Å². The van der Waals surface area contributed by atoms with Gasteiger partial charge in [0.25, 0.3) is 0 Å². The normalized spacial score (nSPS) is 10.3. The van der Waals surface area contributed by atoms with Crippen molar-refractivity contribution in [3.63, 3.8) is 0 Å². The summed E-state index contributed by atoms with van der Waals surface area (Å²) in [7, 11) is 1.69. The standard InChI is InChI=1S/C17H19BrO2/c1-13-7-5-9-15(17(13)20-12-6-11-18)14-8-3-4-10-16(14)19-2/h3-5,7-10H,6,11-12H2,1-2H3. The van der Waals surface area contributed by atoms with E-state index in [0.29, 0.717) is 6.61 Å². The maximum absolute atomic E-state index is 5.98. The van der Waals surface area contributed by atoms with Crippen LogP contribution in [0.4, 0.5) is 0 Å². The van der Waals surface area contributed by atoms with E-state index < -0.39 is 0 Å². The Kier molecular flexibility index (Phi) is 5.48. The quantitative estimate of drug-likeness (QED) is 0.556. The molecule has 0 atom stereocenters. The van der Waals surface area contributed by atoms with Crippen molar-refractivity contribution in [2.45, 2.75) is 13.3 Å². The summed E-state index contributed by atoms with van der Waals surface area (Å²) in [4.78, 5) is 0. The van der Waals surface area contributed by atoms with Gasteiger partial charge in [0.05, 0.1) is 13.7 Å². The highest BCUT2D eigenvalue weighted by Gasteiger charge is 2.12. The lowest BCUT2D eigenvalue weighted by molar-refractivity contribution is 0.318. The first-order chi connectivity index (χ1) is 9.77. The second-order valence-electron chi connectivity index (χ2n) is 4.54. The van der Waals surface area contributed by atoms with Crippen LogP contribution in [0.15, 0.2) is 42.5 Å². The van der Waals surface area contributed by atoms with E-state index in [1.165, 1.54) is 0 Å². The predicted molar refractivity (Wildman–Crippen MR) is 87.1 cm³/mol. The van der Waals surface area contributed by atoms with E-state index in [2.05, 4.69) is 47.1 Å². The van der Waals surface area contributed by atoms with E-state index in [1.54, 1.807) is 7.11 Å². The van der Waals surface area contributed by atoms with Gasteiger partial charge in [0.2, 0.25) is 0 Å². The third-order valence-corrected chi connectivity index (χ3v) is 3.69. The van der Waals surface area contributed by atoms with Crippen LogP contribution in [0.2, 0.25) is 0 Å². The second kappa shape index (κ2) is 7.34. The van der Waals surface area contributed by atoms with Gasteiger partial charge in [0.15, 0.2) is 0 Å². The molecule has 0 amide bonds. The molecule has 0 aromatic heterocycles. The average Bonchev–Trinajstić information content (AvgIpc) is 2.49. The van der Waals surface area contributed by atoms with Crippen molar-refractivity contribution in [2.24, 2.45) is 0 Å². The van der Waals surface area contributed by atoms with Crippen LogP contribution in [-0.2, 0) is 0 Å². The minimum atomic E-state index is 0.707. The molecule has 0 N–H and O–H groups in total. The molecule has 0 fully saturated rings. The lowest BCUT2D eigenvalue weighted by Crippen LogP contribution is -2.01. The van der Waals surface area contributed by atoms with Crippen molar-refractivity contribution >= 4 is 15.9 Å². The zero-order valence-corrected chi connectivity index (χ0v) is 13.4. The van der Waals surface area contributed by atoms with E-state index in [9.17, 15) is 0 Å². The van der Waals surface area contributed by atoms with Gasteiger partial charge >= 0.3 is 0 Å². The van der Waals surface area contributed by atoms with Crippen molar-refractivity contribution in [3.8, 4) is 22.6 Å². The monoisotopic (exact) mass is 334 g/mol. The van der Waals surface area contributed by atoms with Gasteiger partial charge < -0.3 is 9.47 Å². The fraction of sp³-hybridized carbons (Fsp3) is 0.294. The second-order valence-corrected chi connectivity index (χ2v) is 5.34. The van der Waals surface area contributed by atoms with E-state index in [-0.39, 0.29) is 0 Å². The fourth-order valence-electron chi connectivity index (χ4n) is 2.15. The minimum absolute atomic E-state index is 0.707. The van der Waals surface area contributed by atoms with Crippen molar-refractivity contribution < 1.29 is 9.47 Å². The molecule has 2 nitrogen and oxygen atoms in total. The number of hydrogen-bond acceptors (Lipinski definition) is 2. The molecule has 0 heterocycles. The summed E-state index contributed by atoms with van der Waals surface area (Å²) in [6.07, 6.45) is 0.986. The lowest BCUT2D eigenvalue weighted by atomic mass is 10.0. The molecule has 0 saturated carbocycles. The van der Waals surface area contributed by atoms with Gasteiger partial charge in [-0.1, -0.05) is 52.3 Å². The molecule has 2 aromatic rings. The molecule has 0 bridgehead atoms. The van der Waals surface area contributed by atoms with Gasteiger partial charge in [0.1, 0.15) is 11.5 Å². The van der Waals surface area contributed by atoms with Gasteiger partial charge in [-0.05, 0) is 25.0 Å². The van der Waals surface area contributed by atoms with E-state index in [0.717, 1.165) is 39.9 Å². The molecule has 20 heavy (non-hydrogen) atoms. The first-order valence-corrected chi connectivity index (χ1v) is 7.82. The molecular formula is C17H19BrO2.